The molecule has 2 rings (SSSR count). The molecule has 0 N–H and O–H groups in total. The van der Waals surface area contributed by atoms with Crippen LogP contribution in [0.3, 0.4) is 0 Å². The third-order valence-corrected chi connectivity index (χ3v) is 11.2. The van der Waals surface area contributed by atoms with E-state index in [0.29, 0.717) is 18.8 Å². The van der Waals surface area contributed by atoms with E-state index in [2.05, 4.69) is 49.2 Å². The number of nitrogens with zero attached hydrogens (tertiary/aromatic N) is 3. The van der Waals surface area contributed by atoms with Crippen LogP contribution in [0.4, 0.5) is 0 Å². The van der Waals surface area contributed by atoms with E-state index in [1.165, 1.54) is 5.56 Å². The van der Waals surface area contributed by atoms with Crippen LogP contribution in [0.25, 0.3) is 5.53 Å². The fourth-order valence-electron chi connectivity index (χ4n) is 3.11. The monoisotopic (exact) mass is 435 g/mol. The number of carbonyl (C=O) groups is 1. The molecule has 0 atom stereocenters. The largest absolute Gasteiger partial charge is 0.418 e. The quantitative estimate of drug-likeness (QED) is 0.0993. The van der Waals surface area contributed by atoms with Gasteiger partial charge in [0, 0.05) is 25.2 Å². The molecule has 0 heterocycles. The fourth-order valence-corrected chi connectivity index (χ4v) is 4.63. The topological polar surface area (TPSA) is 65.9 Å². The zero-order chi connectivity index (χ0) is 23.1. The van der Waals surface area contributed by atoms with Crippen LogP contribution in [0.2, 0.25) is 18.1 Å². The summed E-state index contributed by atoms with van der Waals surface area (Å²) < 4.78 is 5.76. The lowest BCUT2D eigenvalue weighted by Crippen LogP contribution is -2.51. The molecule has 6 heteroatoms. The van der Waals surface area contributed by atoms with Gasteiger partial charge in [0.15, 0.2) is 0 Å². The van der Waals surface area contributed by atoms with Crippen molar-refractivity contribution in [1.29, 1.82) is 0 Å². The second-order valence-electron chi connectivity index (χ2n) is 9.26. The Bertz CT molecular complexity index is 958. The molecule has 0 amide bonds. The van der Waals surface area contributed by atoms with Crippen molar-refractivity contribution in [3.8, 4) is 5.75 Å². The van der Waals surface area contributed by atoms with E-state index >= 15 is 0 Å². The lowest BCUT2D eigenvalue weighted by molar-refractivity contribution is -0.131. The van der Waals surface area contributed by atoms with Gasteiger partial charge >= 0.3 is 11.3 Å². The Kier molecular flexibility index (Phi) is 8.28. The van der Waals surface area contributed by atoms with Crippen LogP contribution >= 0.6 is 0 Å². The molecule has 0 aliphatic carbocycles. The summed E-state index contributed by atoms with van der Waals surface area (Å²) in [7, 11) is -2.36. The third-order valence-electron chi connectivity index (χ3n) is 5.97. The molecule has 0 aliphatic rings. The molecule has 0 unspecified atom stereocenters. The van der Waals surface area contributed by atoms with Gasteiger partial charge in [-0.3, -0.25) is 4.90 Å². The summed E-state index contributed by atoms with van der Waals surface area (Å²) in [5.41, 5.74) is 11.7. The van der Waals surface area contributed by atoms with Crippen molar-refractivity contribution in [3.05, 3.63) is 83.9 Å². The Morgan fingerprint density at radius 3 is 2.29 bits per heavy atom. The van der Waals surface area contributed by atoms with E-state index in [1.54, 1.807) is 6.07 Å². The summed E-state index contributed by atoms with van der Waals surface area (Å²) in [6.45, 7) is 16.1. The molecular formula is C25H33N3O2Si. The Morgan fingerprint density at radius 2 is 1.71 bits per heavy atom. The van der Waals surface area contributed by atoms with Crippen molar-refractivity contribution in [2.45, 2.75) is 52.0 Å². The minimum Gasteiger partial charge on any atom is -0.418 e. The SMILES string of the molecule is C=CCN(Cc1ccccc1)Cc1ccccc1OC(=O)C(=[N+]=[N-])[Si](C)(C)C(C)(C)C. The van der Waals surface area contributed by atoms with Crippen molar-refractivity contribution in [1.82, 2.24) is 4.90 Å². The van der Waals surface area contributed by atoms with Gasteiger partial charge in [-0.25, -0.2) is 4.79 Å². The average molecular weight is 436 g/mol. The number of benzene rings is 2. The van der Waals surface area contributed by atoms with Crippen LogP contribution in [0, 0.1) is 0 Å². The smallest absolute Gasteiger partial charge is 0.415 e. The standard InChI is InChI=1S/C25H33N3O2Si/c1-7-17-28(18-20-13-9-8-10-14-20)19-21-15-11-12-16-22(21)30-24(29)23(27-26)31(5,6)25(2,3)4/h7-16H,1,17-19H2,2-6H3. The molecule has 0 radical (unpaired) electrons. The lowest BCUT2D eigenvalue weighted by atomic mass is 10.1. The number of carbonyl (C=O) groups excluding carboxylic acids is 1. The number of esters is 1. The Balaban J connectivity index is 2.25. The van der Waals surface area contributed by atoms with Crippen LogP contribution < -0.4 is 4.74 Å². The normalized spacial score (nSPS) is 11.7. The van der Waals surface area contributed by atoms with Gasteiger partial charge in [-0.2, -0.15) is 4.79 Å². The van der Waals surface area contributed by atoms with Gasteiger partial charge in [-0.1, -0.05) is 88.5 Å². The highest BCUT2D eigenvalue weighted by atomic mass is 28.3. The van der Waals surface area contributed by atoms with Crippen LogP contribution in [0.1, 0.15) is 31.9 Å². The highest BCUT2D eigenvalue weighted by Gasteiger charge is 2.51. The van der Waals surface area contributed by atoms with E-state index in [0.717, 1.165) is 12.1 Å². The molecule has 5 nitrogen and oxygen atoms in total. The predicted octanol–water partition coefficient (Wildman–Crippen LogP) is 5.50. The van der Waals surface area contributed by atoms with E-state index in [-0.39, 0.29) is 10.4 Å². The summed E-state index contributed by atoms with van der Waals surface area (Å²) in [5.74, 6) is -0.102. The van der Waals surface area contributed by atoms with Gasteiger partial charge in [-0.05, 0) is 16.7 Å². The summed E-state index contributed by atoms with van der Waals surface area (Å²) in [6.07, 6.45) is 1.87. The maximum Gasteiger partial charge on any atom is 0.415 e. The van der Waals surface area contributed by atoms with Gasteiger partial charge in [0.1, 0.15) is 5.75 Å². The van der Waals surface area contributed by atoms with E-state index in [4.69, 9.17) is 4.74 Å². The van der Waals surface area contributed by atoms with Crippen LogP contribution in [0.5, 0.6) is 5.75 Å². The average Bonchev–Trinajstić information content (AvgIpc) is 2.70. The first-order chi connectivity index (χ1) is 14.6. The van der Waals surface area contributed by atoms with Gasteiger partial charge in [0.25, 0.3) is 0 Å². The van der Waals surface area contributed by atoms with Crippen molar-refractivity contribution < 1.29 is 14.3 Å². The first-order valence-corrected chi connectivity index (χ1v) is 13.5. The van der Waals surface area contributed by atoms with Crippen molar-refractivity contribution in [2.75, 3.05) is 6.54 Å². The number of hydrogen-bond donors (Lipinski definition) is 0. The minimum atomic E-state index is -2.36. The predicted molar refractivity (Wildman–Crippen MR) is 129 cm³/mol. The lowest BCUT2D eigenvalue weighted by Gasteiger charge is -2.31. The van der Waals surface area contributed by atoms with Crippen molar-refractivity contribution >= 4 is 19.4 Å². The Morgan fingerprint density at radius 1 is 1.10 bits per heavy atom. The molecule has 164 valence electrons. The van der Waals surface area contributed by atoms with Crippen LogP contribution in [-0.2, 0) is 17.9 Å². The molecule has 0 bridgehead atoms. The van der Waals surface area contributed by atoms with Crippen molar-refractivity contribution in [3.63, 3.8) is 0 Å². The number of para-hydroxylation sites is 1. The molecule has 0 fully saturated rings. The minimum absolute atomic E-state index is 0.141. The van der Waals surface area contributed by atoms with Gasteiger partial charge in [0.2, 0.25) is 8.07 Å². The number of rotatable bonds is 9. The zero-order valence-corrected chi connectivity index (χ0v) is 20.3. The van der Waals surface area contributed by atoms with Gasteiger partial charge in [0.05, 0.1) is 0 Å². The highest BCUT2D eigenvalue weighted by molar-refractivity contribution is 7.13. The molecule has 2 aromatic rings. The fraction of sp³-hybridized carbons (Fsp3) is 0.360. The van der Waals surface area contributed by atoms with E-state index in [1.807, 2.05) is 55.6 Å². The molecule has 0 aliphatic heterocycles. The van der Waals surface area contributed by atoms with Crippen LogP contribution in [-0.4, -0.2) is 35.6 Å². The summed E-state index contributed by atoms with van der Waals surface area (Å²) in [6, 6.07) is 17.7. The highest BCUT2D eigenvalue weighted by Crippen LogP contribution is 2.36. The van der Waals surface area contributed by atoms with E-state index < -0.39 is 14.0 Å². The zero-order valence-electron chi connectivity index (χ0n) is 19.3. The molecule has 31 heavy (non-hydrogen) atoms. The summed E-state index contributed by atoms with van der Waals surface area (Å²) >= 11 is 0. The van der Waals surface area contributed by atoms with Crippen molar-refractivity contribution in [2.24, 2.45) is 0 Å². The van der Waals surface area contributed by atoms with Gasteiger partial charge < -0.3 is 10.3 Å². The second-order valence-corrected chi connectivity index (χ2v) is 14.5. The Labute approximate surface area is 187 Å². The molecule has 0 spiro atoms. The molecular weight excluding hydrogens is 402 g/mol. The summed E-state index contributed by atoms with van der Waals surface area (Å²) in [4.78, 5) is 18.6. The maximum absolute atomic E-state index is 13.0. The first kappa shape index (κ1) is 24.5. The Hall–Kier alpha value is -2.79. The number of ether oxygens (including phenoxy) is 1. The third kappa shape index (κ3) is 6.34. The molecule has 0 aromatic heterocycles. The second kappa shape index (κ2) is 10.5. The van der Waals surface area contributed by atoms with E-state index in [9.17, 15) is 10.3 Å². The van der Waals surface area contributed by atoms with Gasteiger partial charge in [-0.15, -0.1) is 6.58 Å². The van der Waals surface area contributed by atoms with Crippen LogP contribution in [0.15, 0.2) is 67.3 Å². The maximum atomic E-state index is 13.0. The molecule has 0 saturated carbocycles. The molecule has 0 saturated heterocycles. The first-order valence-electron chi connectivity index (χ1n) is 10.5. The molecule has 2 aromatic carbocycles. The number of hydrogen-bond acceptors (Lipinski definition) is 3. The summed E-state index contributed by atoms with van der Waals surface area (Å²) in [5, 5.41) is -0.0224.